The van der Waals surface area contributed by atoms with Gasteiger partial charge < -0.3 is 14.8 Å². The number of hydrogen-bond acceptors (Lipinski definition) is 4. The number of rotatable bonds is 3. The Bertz CT molecular complexity index is 994. The maximum Gasteiger partial charge on any atom is 0.261 e. The van der Waals surface area contributed by atoms with E-state index >= 15 is 0 Å². The van der Waals surface area contributed by atoms with Crippen LogP contribution in [0.3, 0.4) is 0 Å². The molecule has 0 bridgehead atoms. The summed E-state index contributed by atoms with van der Waals surface area (Å²) in [6, 6.07) is 18.2. The second-order valence-corrected chi connectivity index (χ2v) is 7.58. The maximum atomic E-state index is 12.7. The lowest BCUT2D eigenvalue weighted by Gasteiger charge is -2.13. The predicted octanol–water partition coefficient (Wildman–Crippen LogP) is 4.56. The summed E-state index contributed by atoms with van der Waals surface area (Å²) in [7, 11) is 0. The van der Waals surface area contributed by atoms with E-state index in [2.05, 4.69) is 23.5 Å². The van der Waals surface area contributed by atoms with Crippen LogP contribution in [-0.2, 0) is 6.42 Å². The van der Waals surface area contributed by atoms with E-state index in [0.717, 1.165) is 39.7 Å². The average Bonchev–Trinajstić information content (AvgIpc) is 3.40. The topological polar surface area (TPSA) is 47.6 Å². The summed E-state index contributed by atoms with van der Waals surface area (Å²) >= 11 is 1.50. The van der Waals surface area contributed by atoms with Gasteiger partial charge in [-0.15, -0.1) is 11.3 Å². The van der Waals surface area contributed by atoms with Crippen LogP contribution in [0.5, 0.6) is 11.5 Å². The normalized spacial score (nSPS) is 17.2. The molecule has 0 saturated carbocycles. The van der Waals surface area contributed by atoms with Gasteiger partial charge in [0.15, 0.2) is 11.5 Å². The van der Waals surface area contributed by atoms with Crippen molar-refractivity contribution in [1.29, 1.82) is 0 Å². The van der Waals surface area contributed by atoms with Gasteiger partial charge in [0.1, 0.15) is 0 Å². The van der Waals surface area contributed by atoms with Crippen molar-refractivity contribution in [3.05, 3.63) is 70.6 Å². The van der Waals surface area contributed by atoms with Crippen molar-refractivity contribution in [2.75, 3.05) is 6.79 Å². The third kappa shape index (κ3) is 2.65. The standard InChI is InChI=1S/C21H17NO3S/c23-21(22-16-7-5-13-3-1-2-4-15(13)16)20-10-9-19(26-20)14-6-8-17-18(11-14)25-12-24-17/h1-4,6,8-11,16H,5,7,12H2,(H,22,23). The van der Waals surface area contributed by atoms with Crippen LogP contribution in [0.25, 0.3) is 10.4 Å². The zero-order valence-electron chi connectivity index (χ0n) is 14.0. The summed E-state index contributed by atoms with van der Waals surface area (Å²) in [6.07, 6.45) is 1.99. The number of benzene rings is 2. The third-order valence-electron chi connectivity index (χ3n) is 4.93. The van der Waals surface area contributed by atoms with Gasteiger partial charge in [-0.2, -0.15) is 0 Å². The van der Waals surface area contributed by atoms with Crippen LogP contribution in [0, 0.1) is 0 Å². The Morgan fingerprint density at radius 1 is 1.04 bits per heavy atom. The molecule has 1 aliphatic heterocycles. The quantitative estimate of drug-likeness (QED) is 0.742. The van der Waals surface area contributed by atoms with E-state index < -0.39 is 0 Å². The van der Waals surface area contributed by atoms with Gasteiger partial charge in [0.25, 0.3) is 5.91 Å². The van der Waals surface area contributed by atoms with Gasteiger partial charge in [-0.3, -0.25) is 4.79 Å². The fourth-order valence-electron chi connectivity index (χ4n) is 3.60. The summed E-state index contributed by atoms with van der Waals surface area (Å²) in [6.45, 7) is 0.264. The predicted molar refractivity (Wildman–Crippen MR) is 101 cm³/mol. The minimum atomic E-state index is -0.0105. The number of ether oxygens (including phenoxy) is 2. The Morgan fingerprint density at radius 3 is 2.88 bits per heavy atom. The van der Waals surface area contributed by atoms with E-state index in [0.29, 0.717) is 0 Å². The highest BCUT2D eigenvalue weighted by Crippen LogP contribution is 2.38. The van der Waals surface area contributed by atoms with Gasteiger partial charge in [0.05, 0.1) is 10.9 Å². The second-order valence-electron chi connectivity index (χ2n) is 6.50. The lowest BCUT2D eigenvalue weighted by Crippen LogP contribution is -2.26. The molecule has 0 fully saturated rings. The van der Waals surface area contributed by atoms with E-state index in [9.17, 15) is 4.79 Å². The highest BCUT2D eigenvalue weighted by Gasteiger charge is 2.24. The van der Waals surface area contributed by atoms with Gasteiger partial charge in [-0.25, -0.2) is 0 Å². The first-order valence-electron chi connectivity index (χ1n) is 8.66. The monoisotopic (exact) mass is 363 g/mol. The zero-order chi connectivity index (χ0) is 17.5. The van der Waals surface area contributed by atoms with Crippen molar-refractivity contribution in [1.82, 2.24) is 5.32 Å². The number of thiophene rings is 1. The maximum absolute atomic E-state index is 12.7. The van der Waals surface area contributed by atoms with Crippen molar-refractivity contribution in [2.45, 2.75) is 18.9 Å². The number of carbonyl (C=O) groups excluding carboxylic acids is 1. The van der Waals surface area contributed by atoms with Crippen molar-refractivity contribution < 1.29 is 14.3 Å². The van der Waals surface area contributed by atoms with E-state index in [1.54, 1.807) is 0 Å². The largest absolute Gasteiger partial charge is 0.454 e. The highest BCUT2D eigenvalue weighted by atomic mass is 32.1. The lowest BCUT2D eigenvalue weighted by atomic mass is 10.1. The molecular formula is C21H17NO3S. The molecule has 2 aliphatic rings. The second kappa shape index (κ2) is 6.18. The molecule has 1 atom stereocenters. The first kappa shape index (κ1) is 15.5. The van der Waals surface area contributed by atoms with E-state index in [1.807, 2.05) is 36.4 Å². The molecule has 1 N–H and O–H groups in total. The van der Waals surface area contributed by atoms with Gasteiger partial charge in [0.2, 0.25) is 6.79 Å². The molecule has 5 rings (SSSR count). The molecule has 1 amide bonds. The third-order valence-corrected chi connectivity index (χ3v) is 6.06. The fourth-order valence-corrected chi connectivity index (χ4v) is 4.51. The number of fused-ring (bicyclic) bond motifs is 2. The van der Waals surface area contributed by atoms with Gasteiger partial charge >= 0.3 is 0 Å². The zero-order valence-corrected chi connectivity index (χ0v) is 14.8. The van der Waals surface area contributed by atoms with Crippen molar-refractivity contribution in [2.24, 2.45) is 0 Å². The van der Waals surface area contributed by atoms with Crippen LogP contribution in [-0.4, -0.2) is 12.7 Å². The molecule has 5 heteroatoms. The number of aryl methyl sites for hydroxylation is 1. The molecule has 1 unspecified atom stereocenters. The Labute approximate surface area is 155 Å². The summed E-state index contributed by atoms with van der Waals surface area (Å²) in [5.74, 6) is 1.51. The summed E-state index contributed by atoms with van der Waals surface area (Å²) < 4.78 is 10.8. The molecule has 3 aromatic rings. The average molecular weight is 363 g/mol. The first-order chi connectivity index (χ1) is 12.8. The van der Waals surface area contributed by atoms with Crippen LogP contribution in [0.4, 0.5) is 0 Å². The lowest BCUT2D eigenvalue weighted by molar-refractivity contribution is 0.0941. The van der Waals surface area contributed by atoms with Gasteiger partial charge in [-0.05, 0) is 59.9 Å². The van der Waals surface area contributed by atoms with Crippen LogP contribution < -0.4 is 14.8 Å². The first-order valence-corrected chi connectivity index (χ1v) is 9.48. The van der Waals surface area contributed by atoms with E-state index in [-0.39, 0.29) is 18.7 Å². The minimum Gasteiger partial charge on any atom is -0.454 e. The molecule has 2 aromatic carbocycles. The Morgan fingerprint density at radius 2 is 1.92 bits per heavy atom. The van der Waals surface area contributed by atoms with E-state index in [1.165, 1.54) is 22.5 Å². The van der Waals surface area contributed by atoms with Crippen molar-refractivity contribution in [3.63, 3.8) is 0 Å². The summed E-state index contributed by atoms with van der Waals surface area (Å²) in [4.78, 5) is 14.5. The molecule has 0 spiro atoms. The highest BCUT2D eigenvalue weighted by molar-refractivity contribution is 7.17. The van der Waals surface area contributed by atoms with Crippen LogP contribution in [0.1, 0.15) is 33.3 Å². The summed E-state index contributed by atoms with van der Waals surface area (Å²) in [5, 5.41) is 3.18. The van der Waals surface area contributed by atoms with Crippen LogP contribution >= 0.6 is 11.3 Å². The summed E-state index contributed by atoms with van der Waals surface area (Å²) in [5.41, 5.74) is 3.61. The molecule has 26 heavy (non-hydrogen) atoms. The van der Waals surface area contributed by atoms with Gasteiger partial charge in [-0.1, -0.05) is 24.3 Å². The number of amides is 1. The van der Waals surface area contributed by atoms with Crippen molar-refractivity contribution in [3.8, 4) is 21.9 Å². The number of nitrogens with one attached hydrogen (secondary N) is 1. The number of hydrogen-bond donors (Lipinski definition) is 1. The molecule has 1 aliphatic carbocycles. The Balaban J connectivity index is 1.35. The Kier molecular flexibility index (Phi) is 3.68. The molecule has 0 radical (unpaired) electrons. The molecule has 2 heterocycles. The Hall–Kier alpha value is -2.79. The molecule has 0 saturated heterocycles. The van der Waals surface area contributed by atoms with E-state index in [4.69, 9.17) is 9.47 Å². The SMILES string of the molecule is O=C(NC1CCc2ccccc21)c1ccc(-c2ccc3c(c2)OCO3)s1. The van der Waals surface area contributed by atoms with Crippen molar-refractivity contribution >= 4 is 17.2 Å². The smallest absolute Gasteiger partial charge is 0.261 e. The molecular weight excluding hydrogens is 346 g/mol. The number of carbonyl (C=O) groups is 1. The molecule has 1 aromatic heterocycles. The van der Waals surface area contributed by atoms with Crippen LogP contribution in [0.15, 0.2) is 54.6 Å². The molecule has 4 nitrogen and oxygen atoms in total. The fraction of sp³-hybridized carbons (Fsp3) is 0.190. The minimum absolute atomic E-state index is 0.0105. The van der Waals surface area contributed by atoms with Gasteiger partial charge in [0, 0.05) is 4.88 Å². The molecule has 130 valence electrons. The van der Waals surface area contributed by atoms with Crippen LogP contribution in [0.2, 0.25) is 0 Å².